The molecule has 0 saturated heterocycles. The molecule has 0 aromatic heterocycles. The predicted molar refractivity (Wildman–Crippen MR) is 92.3 cm³/mol. The summed E-state index contributed by atoms with van der Waals surface area (Å²) in [5, 5.41) is 0. The molecular formula is C22H36. The van der Waals surface area contributed by atoms with E-state index in [2.05, 4.69) is 55.4 Å². The van der Waals surface area contributed by atoms with Gasteiger partial charge in [-0.25, -0.2) is 0 Å². The molecule has 6 fully saturated rings. The minimum atomic E-state index is 0.474. The number of hydrogen-bond acceptors (Lipinski definition) is 0. The molecule has 10 unspecified atom stereocenters. The average molecular weight is 301 g/mol. The van der Waals surface area contributed by atoms with Gasteiger partial charge in [0.05, 0.1) is 0 Å². The van der Waals surface area contributed by atoms with E-state index < -0.39 is 0 Å². The molecule has 0 amide bonds. The molecule has 0 heteroatoms. The minimum absolute atomic E-state index is 0.474. The van der Waals surface area contributed by atoms with E-state index in [-0.39, 0.29) is 0 Å². The highest BCUT2D eigenvalue weighted by molar-refractivity contribution is 5.34. The molecule has 8 bridgehead atoms. The highest BCUT2D eigenvalue weighted by Gasteiger charge is 2.87. The van der Waals surface area contributed by atoms with Gasteiger partial charge in [0.15, 0.2) is 0 Å². The maximum Gasteiger partial charge on any atom is -0.0224 e. The second kappa shape index (κ2) is 3.23. The number of fused-ring (bicyclic) bond motifs is 1. The van der Waals surface area contributed by atoms with Gasteiger partial charge >= 0.3 is 0 Å². The molecule has 0 aliphatic heterocycles. The topological polar surface area (TPSA) is 0 Å². The molecule has 0 radical (unpaired) electrons. The van der Waals surface area contributed by atoms with Crippen molar-refractivity contribution in [2.24, 2.45) is 62.6 Å². The van der Waals surface area contributed by atoms with Crippen LogP contribution in [0.1, 0.15) is 74.7 Å². The van der Waals surface area contributed by atoms with Crippen LogP contribution in [0.4, 0.5) is 0 Å². The molecule has 0 spiro atoms. The zero-order valence-corrected chi connectivity index (χ0v) is 16.1. The second-order valence-corrected chi connectivity index (χ2v) is 11.9. The van der Waals surface area contributed by atoms with Gasteiger partial charge in [0.1, 0.15) is 0 Å². The molecule has 6 aliphatic carbocycles. The van der Waals surface area contributed by atoms with E-state index in [1.54, 1.807) is 6.42 Å². The summed E-state index contributed by atoms with van der Waals surface area (Å²) >= 11 is 0. The molecule has 0 aromatic rings. The Morgan fingerprint density at radius 2 is 1.41 bits per heavy atom. The smallest absolute Gasteiger partial charge is 0.0224 e. The second-order valence-electron chi connectivity index (χ2n) is 11.9. The van der Waals surface area contributed by atoms with Crippen LogP contribution in [0.25, 0.3) is 0 Å². The van der Waals surface area contributed by atoms with Crippen molar-refractivity contribution in [3.63, 3.8) is 0 Å². The molecule has 0 heterocycles. The van der Waals surface area contributed by atoms with Gasteiger partial charge in [0.2, 0.25) is 0 Å². The first-order valence-electron chi connectivity index (χ1n) is 9.96. The predicted octanol–water partition coefficient (Wildman–Crippen LogP) is 6.01. The van der Waals surface area contributed by atoms with E-state index >= 15 is 0 Å². The van der Waals surface area contributed by atoms with E-state index in [1.807, 2.05) is 0 Å². The highest BCUT2D eigenvalue weighted by atomic mass is 14.9. The first-order valence-corrected chi connectivity index (χ1v) is 9.96. The number of hydrogen-bond donors (Lipinski definition) is 0. The van der Waals surface area contributed by atoms with Crippen molar-refractivity contribution in [2.45, 2.75) is 74.7 Å². The monoisotopic (exact) mass is 300 g/mol. The van der Waals surface area contributed by atoms with Crippen LogP contribution >= 0.6 is 0 Å². The Morgan fingerprint density at radius 1 is 0.773 bits per heavy atom. The summed E-state index contributed by atoms with van der Waals surface area (Å²) in [5.41, 5.74) is 2.87. The van der Waals surface area contributed by atoms with Crippen molar-refractivity contribution in [1.82, 2.24) is 0 Å². The SMILES string of the molecule is CC1CC2(C)C(C)C3(C)C4C5C1CC(C)(C3CC54C)C2(C)C. The lowest BCUT2D eigenvalue weighted by Gasteiger charge is -2.69. The van der Waals surface area contributed by atoms with Crippen LogP contribution in [0.5, 0.6) is 0 Å². The zero-order valence-electron chi connectivity index (χ0n) is 16.1. The lowest BCUT2D eigenvalue weighted by atomic mass is 9.35. The van der Waals surface area contributed by atoms with E-state index in [0.29, 0.717) is 27.1 Å². The van der Waals surface area contributed by atoms with Gasteiger partial charge < -0.3 is 0 Å². The van der Waals surface area contributed by atoms with Gasteiger partial charge in [-0.15, -0.1) is 0 Å². The molecule has 6 rings (SSSR count). The normalized spacial score (nSPS) is 73.1. The van der Waals surface area contributed by atoms with Crippen molar-refractivity contribution >= 4 is 0 Å². The Morgan fingerprint density at radius 3 is 2.05 bits per heavy atom. The summed E-state index contributed by atoms with van der Waals surface area (Å²) in [6.07, 6.45) is 4.55. The summed E-state index contributed by atoms with van der Waals surface area (Å²) in [6.45, 7) is 21.4. The van der Waals surface area contributed by atoms with Gasteiger partial charge in [-0.1, -0.05) is 55.4 Å². The lowest BCUT2D eigenvalue weighted by molar-refractivity contribution is -0.216. The minimum Gasteiger partial charge on any atom is -0.0622 e. The molecule has 10 atom stereocenters. The number of rotatable bonds is 0. The molecule has 0 N–H and O–H groups in total. The van der Waals surface area contributed by atoms with Crippen LogP contribution in [0, 0.1) is 62.6 Å². The third-order valence-electron chi connectivity index (χ3n) is 11.9. The van der Waals surface area contributed by atoms with E-state index in [9.17, 15) is 0 Å². The fourth-order valence-electron chi connectivity index (χ4n) is 10.2. The third-order valence-corrected chi connectivity index (χ3v) is 11.9. The molecule has 0 aromatic carbocycles. The van der Waals surface area contributed by atoms with Gasteiger partial charge in [0.25, 0.3) is 0 Å². The van der Waals surface area contributed by atoms with E-state index in [0.717, 1.165) is 35.5 Å². The van der Waals surface area contributed by atoms with Crippen LogP contribution in [0.15, 0.2) is 0 Å². The first kappa shape index (κ1) is 14.4. The summed E-state index contributed by atoms with van der Waals surface area (Å²) in [5.74, 6) is 5.91. The van der Waals surface area contributed by atoms with Crippen LogP contribution < -0.4 is 0 Å². The lowest BCUT2D eigenvalue weighted by Crippen LogP contribution is -2.64. The summed E-state index contributed by atoms with van der Waals surface area (Å²) in [4.78, 5) is 0. The van der Waals surface area contributed by atoms with Crippen molar-refractivity contribution in [1.29, 1.82) is 0 Å². The molecule has 6 aliphatic rings. The quantitative estimate of drug-likeness (QED) is 0.513. The fraction of sp³-hybridized carbons (Fsp3) is 1.00. The van der Waals surface area contributed by atoms with Crippen molar-refractivity contribution < 1.29 is 0 Å². The summed E-state index contributed by atoms with van der Waals surface area (Å²) < 4.78 is 0. The van der Waals surface area contributed by atoms with E-state index in [1.165, 1.54) is 12.8 Å². The Bertz CT molecular complexity index is 571. The van der Waals surface area contributed by atoms with E-state index in [4.69, 9.17) is 0 Å². The van der Waals surface area contributed by atoms with Crippen molar-refractivity contribution in [2.75, 3.05) is 0 Å². The van der Waals surface area contributed by atoms with Gasteiger partial charge in [-0.2, -0.15) is 0 Å². The van der Waals surface area contributed by atoms with Crippen LogP contribution in [-0.4, -0.2) is 0 Å². The Balaban J connectivity index is 1.86. The molecule has 124 valence electrons. The third kappa shape index (κ3) is 0.999. The Labute approximate surface area is 137 Å². The van der Waals surface area contributed by atoms with Crippen molar-refractivity contribution in [3.8, 4) is 0 Å². The maximum atomic E-state index is 2.74. The largest absolute Gasteiger partial charge is 0.0622 e. The van der Waals surface area contributed by atoms with Crippen molar-refractivity contribution in [3.05, 3.63) is 0 Å². The Kier molecular flexibility index (Phi) is 2.11. The zero-order chi connectivity index (χ0) is 16.1. The van der Waals surface area contributed by atoms with Gasteiger partial charge in [-0.05, 0) is 81.8 Å². The Hall–Kier alpha value is 0. The first-order chi connectivity index (χ1) is 9.96. The molecule has 22 heavy (non-hydrogen) atoms. The summed E-state index contributed by atoms with van der Waals surface area (Å²) in [6, 6.07) is 0. The van der Waals surface area contributed by atoms with Crippen LogP contribution in [0.2, 0.25) is 0 Å². The van der Waals surface area contributed by atoms with Crippen LogP contribution in [0.3, 0.4) is 0 Å². The molecule has 0 nitrogen and oxygen atoms in total. The van der Waals surface area contributed by atoms with Gasteiger partial charge in [-0.3, -0.25) is 0 Å². The average Bonchev–Trinajstić information content (AvgIpc) is 3.00. The fourth-order valence-corrected chi connectivity index (χ4v) is 10.2. The highest BCUT2D eigenvalue weighted by Crippen LogP contribution is 2.92. The maximum absolute atomic E-state index is 2.74. The standard InChI is InChI=1S/C22H36/c1-12-9-20(6)13(2)22(8)15-11-19(5)16(17(19)22)14(12)10-21(15,7)18(20,3)4/h12-17H,9-11H2,1-8H3. The molecular weight excluding hydrogens is 264 g/mol. The molecule has 6 saturated carbocycles. The van der Waals surface area contributed by atoms with Crippen LogP contribution in [-0.2, 0) is 0 Å². The summed E-state index contributed by atoms with van der Waals surface area (Å²) in [7, 11) is 0. The van der Waals surface area contributed by atoms with Gasteiger partial charge in [0, 0.05) is 0 Å².